The lowest BCUT2D eigenvalue weighted by Crippen LogP contribution is -2.50. The summed E-state index contributed by atoms with van der Waals surface area (Å²) in [5.41, 5.74) is 4.55. The second kappa shape index (κ2) is 6.12. The minimum atomic E-state index is 0.345. The number of nitrogens with zero attached hydrogens (tertiary/aromatic N) is 2. The van der Waals surface area contributed by atoms with Crippen LogP contribution in [0.1, 0.15) is 41.9 Å². The molecule has 0 amide bonds. The van der Waals surface area contributed by atoms with Gasteiger partial charge in [0.25, 0.3) is 0 Å². The number of hydroxylamine groups is 2. The molecule has 2 heterocycles. The van der Waals surface area contributed by atoms with Crippen molar-refractivity contribution in [2.24, 2.45) is 0 Å². The predicted molar refractivity (Wildman–Crippen MR) is 91.5 cm³/mol. The maximum absolute atomic E-state index is 6.20. The van der Waals surface area contributed by atoms with Crippen molar-refractivity contribution >= 4 is 11.6 Å². The van der Waals surface area contributed by atoms with Gasteiger partial charge in [0, 0.05) is 30.2 Å². The highest BCUT2D eigenvalue weighted by atomic mass is 35.5. The fourth-order valence-electron chi connectivity index (χ4n) is 4.63. The van der Waals surface area contributed by atoms with E-state index in [1.54, 1.807) is 7.11 Å². The number of benzene rings is 1. The van der Waals surface area contributed by atoms with Gasteiger partial charge < -0.3 is 4.84 Å². The standard InChI is InChI=1S/C18H27ClN2O/c1-13-9-16(19)10-14(2)17(13)15-11-18(20(3)12-15)5-7-21(22-4)8-6-18/h9-10,15H,5-8,11-12H2,1-4H3. The molecule has 2 saturated heterocycles. The summed E-state index contributed by atoms with van der Waals surface area (Å²) in [6, 6.07) is 4.23. The van der Waals surface area contributed by atoms with Crippen molar-refractivity contribution in [3.8, 4) is 0 Å². The first-order valence-corrected chi connectivity index (χ1v) is 8.60. The van der Waals surface area contributed by atoms with Gasteiger partial charge in [-0.15, -0.1) is 0 Å². The number of hydrogen-bond acceptors (Lipinski definition) is 3. The van der Waals surface area contributed by atoms with E-state index in [9.17, 15) is 0 Å². The van der Waals surface area contributed by atoms with Crippen LogP contribution >= 0.6 is 11.6 Å². The van der Waals surface area contributed by atoms with Crippen LogP contribution in [0.25, 0.3) is 0 Å². The van der Waals surface area contributed by atoms with E-state index in [0.29, 0.717) is 11.5 Å². The van der Waals surface area contributed by atoms with Crippen LogP contribution < -0.4 is 0 Å². The highest BCUT2D eigenvalue weighted by Gasteiger charge is 2.46. The quantitative estimate of drug-likeness (QED) is 0.824. The number of piperidine rings is 1. The summed E-state index contributed by atoms with van der Waals surface area (Å²) in [6.07, 6.45) is 3.64. The number of aryl methyl sites for hydroxylation is 2. The first-order valence-electron chi connectivity index (χ1n) is 8.22. The van der Waals surface area contributed by atoms with E-state index < -0.39 is 0 Å². The third-order valence-corrected chi connectivity index (χ3v) is 6.03. The van der Waals surface area contributed by atoms with Gasteiger partial charge in [-0.1, -0.05) is 11.6 Å². The van der Waals surface area contributed by atoms with Crippen molar-refractivity contribution in [1.29, 1.82) is 0 Å². The molecule has 122 valence electrons. The Hall–Kier alpha value is -0.610. The average Bonchev–Trinajstić information content (AvgIpc) is 2.75. The summed E-state index contributed by atoms with van der Waals surface area (Å²) < 4.78 is 0. The van der Waals surface area contributed by atoms with Gasteiger partial charge in [0.1, 0.15) is 0 Å². The normalized spacial score (nSPS) is 26.0. The van der Waals surface area contributed by atoms with Crippen LogP contribution in [-0.4, -0.2) is 49.3 Å². The Labute approximate surface area is 139 Å². The molecule has 0 bridgehead atoms. The summed E-state index contributed by atoms with van der Waals surface area (Å²) in [5.74, 6) is 0.622. The molecule has 2 aliphatic heterocycles. The van der Waals surface area contributed by atoms with E-state index in [4.69, 9.17) is 16.4 Å². The lowest BCUT2D eigenvalue weighted by atomic mass is 9.80. The summed E-state index contributed by atoms with van der Waals surface area (Å²) in [5, 5.41) is 2.94. The minimum absolute atomic E-state index is 0.345. The molecule has 0 aliphatic carbocycles. The Bertz CT molecular complexity index is 529. The molecule has 3 nitrogen and oxygen atoms in total. The van der Waals surface area contributed by atoms with Gasteiger partial charge in [0.05, 0.1) is 7.11 Å². The van der Waals surface area contributed by atoms with Gasteiger partial charge in [-0.3, -0.25) is 4.90 Å². The van der Waals surface area contributed by atoms with Crippen LogP contribution in [0.5, 0.6) is 0 Å². The largest absolute Gasteiger partial charge is 0.302 e. The molecule has 22 heavy (non-hydrogen) atoms. The van der Waals surface area contributed by atoms with Crippen LogP contribution in [0.4, 0.5) is 0 Å². The molecule has 0 aromatic heterocycles. The molecule has 2 aliphatic rings. The van der Waals surface area contributed by atoms with E-state index >= 15 is 0 Å². The van der Waals surface area contributed by atoms with Gasteiger partial charge in [-0.2, -0.15) is 5.06 Å². The van der Waals surface area contributed by atoms with E-state index in [0.717, 1.165) is 24.7 Å². The Kier molecular flexibility index (Phi) is 4.52. The number of rotatable bonds is 2. The maximum atomic E-state index is 6.20. The average molecular weight is 323 g/mol. The lowest BCUT2D eigenvalue weighted by molar-refractivity contribution is -0.158. The van der Waals surface area contributed by atoms with E-state index in [1.165, 1.54) is 36.0 Å². The number of hydrogen-bond donors (Lipinski definition) is 0. The Morgan fingerprint density at radius 3 is 2.32 bits per heavy atom. The topological polar surface area (TPSA) is 15.7 Å². The van der Waals surface area contributed by atoms with Gasteiger partial charge in [-0.25, -0.2) is 0 Å². The van der Waals surface area contributed by atoms with Crippen molar-refractivity contribution in [2.45, 2.75) is 44.6 Å². The van der Waals surface area contributed by atoms with Crippen molar-refractivity contribution in [3.05, 3.63) is 33.8 Å². The van der Waals surface area contributed by atoms with E-state index in [2.05, 4.69) is 43.0 Å². The molecule has 1 unspecified atom stereocenters. The smallest absolute Gasteiger partial charge is 0.0575 e. The van der Waals surface area contributed by atoms with Crippen molar-refractivity contribution < 1.29 is 4.84 Å². The Morgan fingerprint density at radius 2 is 1.77 bits per heavy atom. The van der Waals surface area contributed by atoms with Crippen LogP contribution in [0.2, 0.25) is 5.02 Å². The molecule has 0 saturated carbocycles. The fourth-order valence-corrected chi connectivity index (χ4v) is 4.96. The lowest BCUT2D eigenvalue weighted by Gasteiger charge is -2.42. The molecule has 1 atom stereocenters. The molecule has 1 aromatic rings. The Morgan fingerprint density at radius 1 is 1.18 bits per heavy atom. The highest BCUT2D eigenvalue weighted by Crippen LogP contribution is 2.45. The molecule has 1 spiro atoms. The van der Waals surface area contributed by atoms with Crippen LogP contribution in [0, 0.1) is 13.8 Å². The van der Waals surface area contributed by atoms with E-state index in [-0.39, 0.29) is 0 Å². The molecule has 4 heteroatoms. The molecular formula is C18H27ClN2O. The number of likely N-dealkylation sites (N-methyl/N-ethyl adjacent to an activating group) is 1. The monoisotopic (exact) mass is 322 g/mol. The molecule has 3 rings (SSSR count). The first kappa shape index (κ1) is 16.3. The predicted octanol–water partition coefficient (Wildman–Crippen LogP) is 3.77. The zero-order chi connectivity index (χ0) is 15.9. The second-order valence-electron chi connectivity index (χ2n) is 7.07. The molecule has 1 aromatic carbocycles. The van der Waals surface area contributed by atoms with Crippen LogP contribution in [0.15, 0.2) is 12.1 Å². The van der Waals surface area contributed by atoms with Crippen LogP contribution in [-0.2, 0) is 4.84 Å². The highest BCUT2D eigenvalue weighted by molar-refractivity contribution is 6.30. The van der Waals surface area contributed by atoms with Gasteiger partial charge in [-0.05, 0) is 74.9 Å². The summed E-state index contributed by atoms with van der Waals surface area (Å²) in [7, 11) is 4.07. The summed E-state index contributed by atoms with van der Waals surface area (Å²) in [6.45, 7) is 7.62. The van der Waals surface area contributed by atoms with E-state index in [1.807, 2.05) is 0 Å². The third kappa shape index (κ3) is 2.80. The fraction of sp³-hybridized carbons (Fsp3) is 0.667. The van der Waals surface area contributed by atoms with Crippen molar-refractivity contribution in [1.82, 2.24) is 9.96 Å². The van der Waals surface area contributed by atoms with Crippen molar-refractivity contribution in [3.63, 3.8) is 0 Å². The molecule has 2 fully saturated rings. The number of halogens is 1. The zero-order valence-electron chi connectivity index (χ0n) is 14.2. The molecule has 0 radical (unpaired) electrons. The maximum Gasteiger partial charge on any atom is 0.0575 e. The molecule has 0 N–H and O–H groups in total. The zero-order valence-corrected chi connectivity index (χ0v) is 14.9. The summed E-state index contributed by atoms with van der Waals surface area (Å²) >= 11 is 6.20. The molecular weight excluding hydrogens is 296 g/mol. The van der Waals surface area contributed by atoms with Crippen molar-refractivity contribution in [2.75, 3.05) is 33.8 Å². The minimum Gasteiger partial charge on any atom is -0.302 e. The summed E-state index contributed by atoms with van der Waals surface area (Å²) in [4.78, 5) is 7.99. The SMILES string of the molecule is CON1CCC2(CC1)CC(c1c(C)cc(Cl)cc1C)CN2C. The van der Waals surface area contributed by atoms with Crippen LogP contribution in [0.3, 0.4) is 0 Å². The van der Waals surface area contributed by atoms with Gasteiger partial charge in [0.2, 0.25) is 0 Å². The van der Waals surface area contributed by atoms with Gasteiger partial charge >= 0.3 is 0 Å². The first-order chi connectivity index (χ1) is 10.4. The Balaban J connectivity index is 1.82. The third-order valence-electron chi connectivity index (χ3n) is 5.81. The number of likely N-dealkylation sites (tertiary alicyclic amines) is 1. The second-order valence-corrected chi connectivity index (χ2v) is 7.51. The van der Waals surface area contributed by atoms with Gasteiger partial charge in [0.15, 0.2) is 0 Å².